The summed E-state index contributed by atoms with van der Waals surface area (Å²) in [5.74, 6) is 1.62. The Labute approximate surface area is 174 Å². The number of rotatable bonds is 12. The molecule has 0 aliphatic heterocycles. The quantitative estimate of drug-likeness (QED) is 0.326. The van der Waals surface area contributed by atoms with E-state index in [0.717, 1.165) is 23.9 Å². The monoisotopic (exact) mass is 399 g/mol. The van der Waals surface area contributed by atoms with Crippen LogP contribution in [0.4, 0.5) is 0 Å². The Morgan fingerprint density at radius 3 is 2.45 bits per heavy atom. The van der Waals surface area contributed by atoms with Crippen LogP contribution in [0.25, 0.3) is 0 Å². The minimum Gasteiger partial charge on any atom is -0.492 e. The third kappa shape index (κ3) is 9.45. The molecule has 0 amide bonds. The lowest BCUT2D eigenvalue weighted by atomic mass is 10.1. The van der Waals surface area contributed by atoms with Crippen molar-refractivity contribution in [2.45, 2.75) is 27.0 Å². The fourth-order valence-corrected chi connectivity index (χ4v) is 2.66. The number of hydrogen-bond donors (Lipinski definition) is 2. The van der Waals surface area contributed by atoms with Gasteiger partial charge in [-0.05, 0) is 37.1 Å². The molecule has 29 heavy (non-hydrogen) atoms. The molecule has 0 aromatic heterocycles. The number of aliphatic imine (C=N–C) groups is 1. The van der Waals surface area contributed by atoms with Crippen molar-refractivity contribution in [1.82, 2.24) is 10.6 Å². The maximum atomic E-state index is 5.73. The summed E-state index contributed by atoms with van der Waals surface area (Å²) in [5.41, 5.74) is 3.55. The Balaban J connectivity index is 1.67. The second kappa shape index (κ2) is 13.6. The summed E-state index contributed by atoms with van der Waals surface area (Å²) < 4.78 is 16.6. The molecule has 2 aromatic carbocycles. The fourth-order valence-electron chi connectivity index (χ4n) is 2.66. The molecule has 0 aliphatic carbocycles. The smallest absolute Gasteiger partial charge is 0.191 e. The Morgan fingerprint density at radius 1 is 0.931 bits per heavy atom. The summed E-state index contributed by atoms with van der Waals surface area (Å²) in [6.45, 7) is 8.51. The highest BCUT2D eigenvalue weighted by atomic mass is 16.5. The predicted octanol–water partition coefficient (Wildman–Crippen LogP) is 3.29. The van der Waals surface area contributed by atoms with Crippen LogP contribution in [-0.4, -0.2) is 46.0 Å². The van der Waals surface area contributed by atoms with Crippen molar-refractivity contribution in [2.24, 2.45) is 4.99 Å². The third-order valence-corrected chi connectivity index (χ3v) is 4.20. The largest absolute Gasteiger partial charge is 0.492 e. The summed E-state index contributed by atoms with van der Waals surface area (Å²) >= 11 is 0. The van der Waals surface area contributed by atoms with Crippen LogP contribution in [0.5, 0.6) is 5.75 Å². The zero-order chi connectivity index (χ0) is 20.7. The molecule has 158 valence electrons. The van der Waals surface area contributed by atoms with Crippen molar-refractivity contribution >= 4 is 5.96 Å². The van der Waals surface area contributed by atoms with Crippen LogP contribution in [0.3, 0.4) is 0 Å². The van der Waals surface area contributed by atoms with Gasteiger partial charge in [0, 0.05) is 20.2 Å². The Kier molecular flexibility index (Phi) is 10.6. The van der Waals surface area contributed by atoms with Crippen molar-refractivity contribution < 1.29 is 14.2 Å². The van der Waals surface area contributed by atoms with Crippen molar-refractivity contribution in [3.05, 3.63) is 65.2 Å². The average Bonchev–Trinajstić information content (AvgIpc) is 2.74. The van der Waals surface area contributed by atoms with Gasteiger partial charge < -0.3 is 24.8 Å². The maximum Gasteiger partial charge on any atom is 0.191 e. The predicted molar refractivity (Wildman–Crippen MR) is 117 cm³/mol. The van der Waals surface area contributed by atoms with Gasteiger partial charge in [0.2, 0.25) is 0 Å². The SMILES string of the molecule is CCOCCOCc1cccc(CNC(=NC)NCCOc2ccc(C)cc2)c1. The minimum atomic E-state index is 0.568. The maximum absolute atomic E-state index is 5.73. The van der Waals surface area contributed by atoms with Crippen molar-refractivity contribution in [3.63, 3.8) is 0 Å². The van der Waals surface area contributed by atoms with Crippen LogP contribution in [-0.2, 0) is 22.6 Å². The van der Waals surface area contributed by atoms with E-state index in [0.29, 0.717) is 39.5 Å². The minimum absolute atomic E-state index is 0.568. The van der Waals surface area contributed by atoms with E-state index in [1.54, 1.807) is 7.05 Å². The highest BCUT2D eigenvalue weighted by Gasteiger charge is 2.01. The first-order valence-electron chi connectivity index (χ1n) is 10.1. The molecule has 2 aromatic rings. The highest BCUT2D eigenvalue weighted by molar-refractivity contribution is 5.79. The van der Waals surface area contributed by atoms with E-state index >= 15 is 0 Å². The van der Waals surface area contributed by atoms with Gasteiger partial charge >= 0.3 is 0 Å². The van der Waals surface area contributed by atoms with E-state index in [4.69, 9.17) is 14.2 Å². The van der Waals surface area contributed by atoms with Crippen LogP contribution in [0.2, 0.25) is 0 Å². The standard InChI is InChI=1S/C23H33N3O3/c1-4-27-14-15-28-18-21-7-5-6-20(16-21)17-26-23(24-3)25-12-13-29-22-10-8-19(2)9-11-22/h5-11,16H,4,12-15,17-18H2,1-3H3,(H2,24,25,26). The molecule has 0 spiro atoms. The van der Waals surface area contributed by atoms with E-state index < -0.39 is 0 Å². The molecule has 0 unspecified atom stereocenters. The second-order valence-electron chi connectivity index (χ2n) is 6.58. The molecule has 6 nitrogen and oxygen atoms in total. The molecule has 0 heterocycles. The van der Waals surface area contributed by atoms with E-state index in [1.807, 2.05) is 37.3 Å². The molecule has 0 atom stereocenters. The zero-order valence-electron chi connectivity index (χ0n) is 17.7. The second-order valence-corrected chi connectivity index (χ2v) is 6.58. The van der Waals surface area contributed by atoms with Crippen LogP contribution in [0, 0.1) is 6.92 Å². The lowest BCUT2D eigenvalue weighted by Crippen LogP contribution is -2.38. The number of guanidine groups is 1. The van der Waals surface area contributed by atoms with Crippen molar-refractivity contribution in [2.75, 3.05) is 40.0 Å². The number of aryl methyl sites for hydroxylation is 1. The van der Waals surface area contributed by atoms with Crippen LogP contribution >= 0.6 is 0 Å². The van der Waals surface area contributed by atoms with Gasteiger partial charge in [0.15, 0.2) is 5.96 Å². The van der Waals surface area contributed by atoms with Gasteiger partial charge in [0.25, 0.3) is 0 Å². The summed E-state index contributed by atoms with van der Waals surface area (Å²) in [6, 6.07) is 16.4. The third-order valence-electron chi connectivity index (χ3n) is 4.20. The van der Waals surface area contributed by atoms with E-state index in [-0.39, 0.29) is 0 Å². The Morgan fingerprint density at radius 2 is 1.69 bits per heavy atom. The van der Waals surface area contributed by atoms with Crippen LogP contribution in [0.1, 0.15) is 23.6 Å². The van der Waals surface area contributed by atoms with Crippen molar-refractivity contribution in [1.29, 1.82) is 0 Å². The van der Waals surface area contributed by atoms with Gasteiger partial charge in [-0.1, -0.05) is 42.0 Å². The van der Waals surface area contributed by atoms with E-state index in [1.165, 1.54) is 11.1 Å². The van der Waals surface area contributed by atoms with Gasteiger partial charge in [-0.3, -0.25) is 4.99 Å². The molecule has 0 bridgehead atoms. The lowest BCUT2D eigenvalue weighted by molar-refractivity contribution is 0.0453. The molecule has 0 saturated carbocycles. The molecular weight excluding hydrogens is 366 g/mol. The van der Waals surface area contributed by atoms with Gasteiger partial charge in [0.05, 0.1) is 26.4 Å². The number of hydrogen-bond acceptors (Lipinski definition) is 4. The van der Waals surface area contributed by atoms with Gasteiger partial charge in [0.1, 0.15) is 12.4 Å². The van der Waals surface area contributed by atoms with E-state index in [2.05, 4.69) is 40.7 Å². The number of benzene rings is 2. The summed E-state index contributed by atoms with van der Waals surface area (Å²) in [7, 11) is 1.76. The molecule has 2 N–H and O–H groups in total. The van der Waals surface area contributed by atoms with Crippen molar-refractivity contribution in [3.8, 4) is 5.75 Å². The summed E-state index contributed by atoms with van der Waals surface area (Å²) in [5, 5.41) is 6.59. The molecular formula is C23H33N3O3. The van der Waals surface area contributed by atoms with Gasteiger partial charge in [-0.25, -0.2) is 0 Å². The van der Waals surface area contributed by atoms with E-state index in [9.17, 15) is 0 Å². The molecule has 0 fully saturated rings. The zero-order valence-corrected chi connectivity index (χ0v) is 17.7. The first-order valence-corrected chi connectivity index (χ1v) is 10.1. The first kappa shape index (κ1) is 22.7. The Hall–Kier alpha value is -2.57. The normalized spacial score (nSPS) is 11.3. The van der Waals surface area contributed by atoms with Crippen LogP contribution < -0.4 is 15.4 Å². The van der Waals surface area contributed by atoms with Crippen LogP contribution in [0.15, 0.2) is 53.5 Å². The lowest BCUT2D eigenvalue weighted by Gasteiger charge is -2.13. The number of nitrogens with one attached hydrogen (secondary N) is 2. The molecule has 2 rings (SSSR count). The molecule has 6 heteroatoms. The average molecular weight is 400 g/mol. The van der Waals surface area contributed by atoms with Gasteiger partial charge in [-0.2, -0.15) is 0 Å². The van der Waals surface area contributed by atoms with Gasteiger partial charge in [-0.15, -0.1) is 0 Å². The topological polar surface area (TPSA) is 64.1 Å². The molecule has 0 radical (unpaired) electrons. The summed E-state index contributed by atoms with van der Waals surface area (Å²) in [4.78, 5) is 4.26. The number of nitrogens with zero attached hydrogens (tertiary/aromatic N) is 1. The summed E-state index contributed by atoms with van der Waals surface area (Å²) in [6.07, 6.45) is 0. The molecule has 0 aliphatic rings. The molecule has 0 saturated heterocycles. The number of ether oxygens (including phenoxy) is 3. The Bertz CT molecular complexity index is 732. The fraction of sp³-hybridized carbons (Fsp3) is 0.435. The highest BCUT2D eigenvalue weighted by Crippen LogP contribution is 2.10. The first-order chi connectivity index (χ1) is 14.2.